The molecule has 5 heteroatoms. The first kappa shape index (κ1) is 14.7. The first-order valence-corrected chi connectivity index (χ1v) is 6.60. The van der Waals surface area contributed by atoms with E-state index < -0.39 is 17.4 Å². The van der Waals surface area contributed by atoms with Crippen molar-refractivity contribution in [2.75, 3.05) is 0 Å². The molecule has 0 aliphatic heterocycles. The van der Waals surface area contributed by atoms with Gasteiger partial charge in [0.15, 0.2) is 17.4 Å². The molecule has 0 aliphatic carbocycles. The maximum absolute atomic E-state index is 13.7. The van der Waals surface area contributed by atoms with Crippen LogP contribution in [0.4, 0.5) is 8.78 Å². The zero-order valence-electron chi connectivity index (χ0n) is 10.8. The van der Waals surface area contributed by atoms with E-state index in [0.29, 0.717) is 12.0 Å². The van der Waals surface area contributed by atoms with Crippen LogP contribution in [0.25, 0.3) is 0 Å². The van der Waals surface area contributed by atoms with Gasteiger partial charge in [-0.1, -0.05) is 15.9 Å². The standard InChI is InChI=1S/C15H11BrF2O2/c1-8-3-11(4-9(2)14(8)16)20-15-12(17)5-10(7-19)6-13(15)18/h3-7H,1-2H3. The van der Waals surface area contributed by atoms with Crippen molar-refractivity contribution in [3.8, 4) is 11.5 Å². The Morgan fingerprint density at radius 1 is 1.05 bits per heavy atom. The summed E-state index contributed by atoms with van der Waals surface area (Å²) < 4.78 is 33.6. The van der Waals surface area contributed by atoms with Gasteiger partial charge in [-0.15, -0.1) is 0 Å². The van der Waals surface area contributed by atoms with Gasteiger partial charge in [-0.05, 0) is 49.2 Å². The highest BCUT2D eigenvalue weighted by Gasteiger charge is 2.14. The molecule has 2 rings (SSSR count). The summed E-state index contributed by atoms with van der Waals surface area (Å²) >= 11 is 3.40. The highest BCUT2D eigenvalue weighted by molar-refractivity contribution is 9.10. The molecule has 0 atom stereocenters. The quantitative estimate of drug-likeness (QED) is 0.739. The molecule has 0 aromatic heterocycles. The van der Waals surface area contributed by atoms with Crippen molar-refractivity contribution >= 4 is 22.2 Å². The molecule has 0 unspecified atom stereocenters. The Balaban J connectivity index is 2.42. The average molecular weight is 341 g/mol. The molecule has 0 aliphatic rings. The van der Waals surface area contributed by atoms with Crippen molar-refractivity contribution in [1.29, 1.82) is 0 Å². The van der Waals surface area contributed by atoms with Crippen molar-refractivity contribution < 1.29 is 18.3 Å². The van der Waals surface area contributed by atoms with E-state index in [0.717, 1.165) is 27.7 Å². The van der Waals surface area contributed by atoms with E-state index in [2.05, 4.69) is 15.9 Å². The Morgan fingerprint density at radius 2 is 1.55 bits per heavy atom. The summed E-state index contributed by atoms with van der Waals surface area (Å²) in [6.07, 6.45) is 0.379. The number of halogens is 3. The molecule has 0 fully saturated rings. The van der Waals surface area contributed by atoms with Crippen LogP contribution in [-0.4, -0.2) is 6.29 Å². The Bertz CT molecular complexity index is 638. The van der Waals surface area contributed by atoms with Crippen molar-refractivity contribution in [2.45, 2.75) is 13.8 Å². The number of carbonyl (C=O) groups is 1. The summed E-state index contributed by atoms with van der Waals surface area (Å²) in [5, 5.41) is 0. The second-order valence-electron chi connectivity index (χ2n) is 4.40. The smallest absolute Gasteiger partial charge is 0.198 e. The normalized spacial score (nSPS) is 10.4. The molecule has 0 spiro atoms. The highest BCUT2D eigenvalue weighted by Crippen LogP contribution is 2.32. The molecule has 0 bridgehead atoms. The van der Waals surface area contributed by atoms with Crippen molar-refractivity contribution in [1.82, 2.24) is 0 Å². The van der Waals surface area contributed by atoms with Gasteiger partial charge in [-0.25, -0.2) is 8.78 Å². The predicted molar refractivity (Wildman–Crippen MR) is 75.4 cm³/mol. The van der Waals surface area contributed by atoms with E-state index in [-0.39, 0.29) is 5.56 Å². The molecule has 0 amide bonds. The summed E-state index contributed by atoms with van der Waals surface area (Å²) in [7, 11) is 0. The van der Waals surface area contributed by atoms with Gasteiger partial charge >= 0.3 is 0 Å². The lowest BCUT2D eigenvalue weighted by atomic mass is 10.1. The average Bonchev–Trinajstić information content (AvgIpc) is 2.39. The molecule has 2 nitrogen and oxygen atoms in total. The molecule has 0 radical (unpaired) electrons. The van der Waals surface area contributed by atoms with E-state index in [1.54, 1.807) is 12.1 Å². The van der Waals surface area contributed by atoms with Crippen molar-refractivity contribution in [3.05, 3.63) is 57.1 Å². The number of hydrogen-bond acceptors (Lipinski definition) is 2. The van der Waals surface area contributed by atoms with E-state index in [4.69, 9.17) is 4.74 Å². The lowest BCUT2D eigenvalue weighted by molar-refractivity contribution is 0.112. The van der Waals surface area contributed by atoms with Crippen molar-refractivity contribution in [2.24, 2.45) is 0 Å². The fourth-order valence-electron chi connectivity index (χ4n) is 1.83. The fraction of sp³-hybridized carbons (Fsp3) is 0.133. The van der Waals surface area contributed by atoms with Crippen LogP contribution in [0.3, 0.4) is 0 Å². The third-order valence-corrected chi connectivity index (χ3v) is 4.04. The lowest BCUT2D eigenvalue weighted by Gasteiger charge is -2.11. The maximum Gasteiger partial charge on any atom is 0.198 e. The monoisotopic (exact) mass is 340 g/mol. The van der Waals surface area contributed by atoms with Crippen LogP contribution in [0, 0.1) is 25.5 Å². The van der Waals surface area contributed by atoms with E-state index in [1.165, 1.54) is 0 Å². The van der Waals surface area contributed by atoms with Crippen LogP contribution < -0.4 is 4.74 Å². The van der Waals surface area contributed by atoms with Gasteiger partial charge in [0.05, 0.1) is 0 Å². The molecule has 0 saturated carbocycles. The van der Waals surface area contributed by atoms with Gasteiger partial charge in [-0.2, -0.15) is 0 Å². The molecule has 20 heavy (non-hydrogen) atoms. The van der Waals surface area contributed by atoms with Gasteiger partial charge in [0, 0.05) is 10.0 Å². The van der Waals surface area contributed by atoms with E-state index >= 15 is 0 Å². The predicted octanol–water partition coefficient (Wildman–Crippen LogP) is 4.95. The highest BCUT2D eigenvalue weighted by atomic mass is 79.9. The van der Waals surface area contributed by atoms with Crippen LogP contribution in [0.5, 0.6) is 11.5 Å². The van der Waals surface area contributed by atoms with Gasteiger partial charge in [0.25, 0.3) is 0 Å². The maximum atomic E-state index is 13.7. The number of hydrogen-bond donors (Lipinski definition) is 0. The second-order valence-corrected chi connectivity index (χ2v) is 5.20. The molecule has 0 N–H and O–H groups in total. The second kappa shape index (κ2) is 5.71. The zero-order chi connectivity index (χ0) is 14.9. The summed E-state index contributed by atoms with van der Waals surface area (Å²) in [6.45, 7) is 3.71. The number of rotatable bonds is 3. The van der Waals surface area contributed by atoms with E-state index in [1.807, 2.05) is 13.8 Å². The van der Waals surface area contributed by atoms with Gasteiger partial charge < -0.3 is 4.74 Å². The molecule has 2 aromatic rings. The van der Waals surface area contributed by atoms with Gasteiger partial charge in [0.2, 0.25) is 0 Å². The van der Waals surface area contributed by atoms with Crippen LogP contribution >= 0.6 is 15.9 Å². The van der Waals surface area contributed by atoms with Crippen LogP contribution in [0.15, 0.2) is 28.7 Å². The molecule has 0 saturated heterocycles. The zero-order valence-corrected chi connectivity index (χ0v) is 12.4. The first-order valence-electron chi connectivity index (χ1n) is 5.81. The third kappa shape index (κ3) is 2.88. The number of benzene rings is 2. The van der Waals surface area contributed by atoms with Crippen LogP contribution in [0.1, 0.15) is 21.5 Å². The molecular weight excluding hydrogens is 330 g/mol. The van der Waals surface area contributed by atoms with Crippen LogP contribution in [0.2, 0.25) is 0 Å². The summed E-state index contributed by atoms with van der Waals surface area (Å²) in [4.78, 5) is 10.5. The van der Waals surface area contributed by atoms with Crippen molar-refractivity contribution in [3.63, 3.8) is 0 Å². The number of ether oxygens (including phenoxy) is 1. The fourth-order valence-corrected chi connectivity index (χ4v) is 2.06. The minimum Gasteiger partial charge on any atom is -0.451 e. The number of aldehydes is 1. The summed E-state index contributed by atoms with van der Waals surface area (Å²) in [5.74, 6) is -2.01. The van der Waals surface area contributed by atoms with Gasteiger partial charge in [0.1, 0.15) is 12.0 Å². The number of aryl methyl sites for hydroxylation is 2. The first-order chi connectivity index (χ1) is 9.42. The summed E-state index contributed by atoms with van der Waals surface area (Å²) in [6, 6.07) is 5.21. The molecule has 104 valence electrons. The largest absolute Gasteiger partial charge is 0.451 e. The third-order valence-electron chi connectivity index (χ3n) is 2.79. The molecule has 0 heterocycles. The molecule has 2 aromatic carbocycles. The Morgan fingerprint density at radius 3 is 2.00 bits per heavy atom. The van der Waals surface area contributed by atoms with Gasteiger partial charge in [-0.3, -0.25) is 4.79 Å². The van der Waals surface area contributed by atoms with E-state index in [9.17, 15) is 13.6 Å². The summed E-state index contributed by atoms with van der Waals surface area (Å²) in [5.41, 5.74) is 1.71. The van der Waals surface area contributed by atoms with Crippen LogP contribution in [-0.2, 0) is 0 Å². The Hall–Kier alpha value is -1.75. The minimum absolute atomic E-state index is 0.0736. The Kier molecular flexibility index (Phi) is 4.18. The topological polar surface area (TPSA) is 26.3 Å². The Labute approximate surface area is 123 Å². The lowest BCUT2D eigenvalue weighted by Crippen LogP contribution is -1.96. The minimum atomic E-state index is -0.912. The molecular formula is C15H11BrF2O2. The SMILES string of the molecule is Cc1cc(Oc2c(F)cc(C=O)cc2F)cc(C)c1Br. The number of carbonyl (C=O) groups excluding carboxylic acids is 1.